The van der Waals surface area contributed by atoms with E-state index in [1.807, 2.05) is 6.92 Å². The van der Waals surface area contributed by atoms with Crippen molar-refractivity contribution in [3.8, 4) is 0 Å². The highest BCUT2D eigenvalue weighted by atomic mass is 32.1. The number of aromatic nitrogens is 1. The van der Waals surface area contributed by atoms with Gasteiger partial charge in [0.1, 0.15) is 0 Å². The third-order valence-corrected chi connectivity index (χ3v) is 4.34. The van der Waals surface area contributed by atoms with Gasteiger partial charge in [-0.1, -0.05) is 24.3 Å². The normalized spacial score (nSPS) is 19.5. The highest BCUT2D eigenvalue weighted by molar-refractivity contribution is 7.09. The fourth-order valence-electron chi connectivity index (χ4n) is 2.57. The first kappa shape index (κ1) is 10.9. The number of rotatable bonds is 3. The van der Waals surface area contributed by atoms with Crippen LogP contribution in [0.3, 0.4) is 0 Å². The molecule has 17 heavy (non-hydrogen) atoms. The Morgan fingerprint density at radius 1 is 1.47 bits per heavy atom. The number of fused-ring (bicyclic) bond motifs is 1. The van der Waals surface area contributed by atoms with Gasteiger partial charge in [0.2, 0.25) is 0 Å². The zero-order chi connectivity index (χ0) is 11.8. The Morgan fingerprint density at radius 2 is 2.29 bits per heavy atom. The number of benzene rings is 1. The van der Waals surface area contributed by atoms with Crippen LogP contribution in [-0.2, 0) is 12.8 Å². The van der Waals surface area contributed by atoms with Gasteiger partial charge >= 0.3 is 0 Å². The maximum atomic E-state index is 6.30. The molecule has 0 bridgehead atoms. The molecule has 1 aromatic heterocycles. The number of aryl methyl sites for hydroxylation is 1. The van der Waals surface area contributed by atoms with Gasteiger partial charge in [0.25, 0.3) is 0 Å². The highest BCUT2D eigenvalue weighted by Gasteiger charge is 2.30. The largest absolute Gasteiger partial charge is 0.327 e. The van der Waals surface area contributed by atoms with E-state index in [9.17, 15) is 0 Å². The second kappa shape index (κ2) is 4.24. The van der Waals surface area contributed by atoms with Gasteiger partial charge in [-0.3, -0.25) is 0 Å². The monoisotopic (exact) mass is 244 g/mol. The van der Waals surface area contributed by atoms with Crippen LogP contribution in [-0.4, -0.2) is 11.0 Å². The molecule has 0 amide bonds. The standard InChI is InChI=1S/C14H16N2S/c1-9-16-11(8-17-9)7-14(15)13-6-10-4-2-3-5-12(10)13/h2-5,8,13-14H,6-7,15H2,1H3. The van der Waals surface area contributed by atoms with Crippen LogP contribution in [0.4, 0.5) is 0 Å². The molecule has 0 spiro atoms. The second-order valence-electron chi connectivity index (χ2n) is 4.74. The van der Waals surface area contributed by atoms with Gasteiger partial charge in [-0.05, 0) is 24.5 Å². The van der Waals surface area contributed by atoms with Gasteiger partial charge in [0.15, 0.2) is 0 Å². The highest BCUT2D eigenvalue weighted by Crippen LogP contribution is 2.37. The van der Waals surface area contributed by atoms with Crippen molar-refractivity contribution >= 4 is 11.3 Å². The van der Waals surface area contributed by atoms with E-state index in [0.717, 1.165) is 23.5 Å². The number of hydrogen-bond acceptors (Lipinski definition) is 3. The summed E-state index contributed by atoms with van der Waals surface area (Å²) in [5.74, 6) is 0.521. The van der Waals surface area contributed by atoms with E-state index in [0.29, 0.717) is 5.92 Å². The minimum absolute atomic E-state index is 0.200. The van der Waals surface area contributed by atoms with Crippen molar-refractivity contribution < 1.29 is 0 Å². The summed E-state index contributed by atoms with van der Waals surface area (Å²) >= 11 is 1.70. The lowest BCUT2D eigenvalue weighted by Crippen LogP contribution is -2.37. The summed E-state index contributed by atoms with van der Waals surface area (Å²) in [5.41, 5.74) is 10.3. The number of nitrogens with zero attached hydrogens (tertiary/aromatic N) is 1. The van der Waals surface area contributed by atoms with E-state index in [1.165, 1.54) is 11.1 Å². The van der Waals surface area contributed by atoms with Crippen molar-refractivity contribution in [1.82, 2.24) is 4.98 Å². The summed E-state index contributed by atoms with van der Waals surface area (Å²) in [6.07, 6.45) is 2.02. The maximum absolute atomic E-state index is 6.30. The molecule has 0 fully saturated rings. The number of hydrogen-bond donors (Lipinski definition) is 1. The van der Waals surface area contributed by atoms with Crippen molar-refractivity contribution in [3.05, 3.63) is 51.5 Å². The molecular weight excluding hydrogens is 228 g/mol. The summed E-state index contributed by atoms with van der Waals surface area (Å²) in [6, 6.07) is 8.81. The minimum atomic E-state index is 0.200. The molecule has 0 saturated carbocycles. The van der Waals surface area contributed by atoms with E-state index < -0.39 is 0 Å². The SMILES string of the molecule is Cc1nc(CC(N)C2Cc3ccccc32)cs1. The molecule has 88 valence electrons. The Kier molecular flexibility index (Phi) is 2.73. The Labute approximate surface area is 106 Å². The first-order valence-corrected chi connectivity index (χ1v) is 6.86. The molecule has 2 nitrogen and oxygen atoms in total. The lowest BCUT2D eigenvalue weighted by molar-refractivity contribution is 0.477. The molecular formula is C14H16N2S. The second-order valence-corrected chi connectivity index (χ2v) is 5.80. The molecule has 1 aliphatic carbocycles. The van der Waals surface area contributed by atoms with Crippen molar-refractivity contribution in [2.24, 2.45) is 5.73 Å². The van der Waals surface area contributed by atoms with Crippen LogP contribution in [0.5, 0.6) is 0 Å². The molecule has 0 radical (unpaired) electrons. The van der Waals surface area contributed by atoms with Gasteiger partial charge in [0, 0.05) is 23.8 Å². The fourth-order valence-corrected chi connectivity index (χ4v) is 3.19. The van der Waals surface area contributed by atoms with E-state index >= 15 is 0 Å². The summed E-state index contributed by atoms with van der Waals surface area (Å²) in [5, 5.41) is 3.25. The Hall–Kier alpha value is -1.19. The van der Waals surface area contributed by atoms with Crippen LogP contribution in [0.2, 0.25) is 0 Å². The molecule has 2 unspecified atom stereocenters. The first-order chi connectivity index (χ1) is 8.24. The topological polar surface area (TPSA) is 38.9 Å². The van der Waals surface area contributed by atoms with E-state index in [-0.39, 0.29) is 6.04 Å². The average molecular weight is 244 g/mol. The molecule has 2 atom stereocenters. The van der Waals surface area contributed by atoms with Crippen LogP contribution in [0.1, 0.15) is 27.7 Å². The van der Waals surface area contributed by atoms with Crippen LogP contribution in [0, 0.1) is 6.92 Å². The van der Waals surface area contributed by atoms with Gasteiger partial charge in [-0.2, -0.15) is 0 Å². The fraction of sp³-hybridized carbons (Fsp3) is 0.357. The molecule has 1 aliphatic rings. The van der Waals surface area contributed by atoms with Crippen LogP contribution < -0.4 is 5.73 Å². The minimum Gasteiger partial charge on any atom is -0.327 e. The quantitative estimate of drug-likeness (QED) is 0.901. The van der Waals surface area contributed by atoms with Crippen LogP contribution in [0.25, 0.3) is 0 Å². The zero-order valence-electron chi connectivity index (χ0n) is 9.89. The maximum Gasteiger partial charge on any atom is 0.0897 e. The van der Waals surface area contributed by atoms with E-state index in [1.54, 1.807) is 11.3 Å². The van der Waals surface area contributed by atoms with Gasteiger partial charge in [-0.15, -0.1) is 11.3 Å². The van der Waals surface area contributed by atoms with Gasteiger partial charge in [-0.25, -0.2) is 4.98 Å². The Bertz CT molecular complexity index is 533. The lowest BCUT2D eigenvalue weighted by Gasteiger charge is -2.34. The predicted molar refractivity (Wildman–Crippen MR) is 71.4 cm³/mol. The Morgan fingerprint density at radius 3 is 3.00 bits per heavy atom. The molecule has 1 aromatic carbocycles. The molecule has 1 heterocycles. The Balaban J connectivity index is 1.71. The predicted octanol–water partition coefficient (Wildman–Crippen LogP) is 2.66. The molecule has 2 aromatic rings. The van der Waals surface area contributed by atoms with E-state index in [4.69, 9.17) is 5.73 Å². The summed E-state index contributed by atoms with van der Waals surface area (Å²) < 4.78 is 0. The molecule has 0 saturated heterocycles. The van der Waals surface area contributed by atoms with Crippen LogP contribution in [0.15, 0.2) is 29.6 Å². The van der Waals surface area contributed by atoms with Crippen molar-refractivity contribution in [3.63, 3.8) is 0 Å². The summed E-state index contributed by atoms with van der Waals surface area (Å²) in [4.78, 5) is 4.49. The summed E-state index contributed by atoms with van der Waals surface area (Å²) in [7, 11) is 0. The summed E-state index contributed by atoms with van der Waals surface area (Å²) in [6.45, 7) is 2.04. The molecule has 3 rings (SSSR count). The third kappa shape index (κ3) is 2.01. The lowest BCUT2D eigenvalue weighted by atomic mass is 9.73. The van der Waals surface area contributed by atoms with Crippen molar-refractivity contribution in [2.45, 2.75) is 31.7 Å². The van der Waals surface area contributed by atoms with Crippen molar-refractivity contribution in [1.29, 1.82) is 0 Å². The van der Waals surface area contributed by atoms with E-state index in [2.05, 4.69) is 34.6 Å². The van der Waals surface area contributed by atoms with Gasteiger partial charge in [0.05, 0.1) is 10.7 Å². The van der Waals surface area contributed by atoms with Gasteiger partial charge < -0.3 is 5.73 Å². The third-order valence-electron chi connectivity index (χ3n) is 3.52. The smallest absolute Gasteiger partial charge is 0.0897 e. The average Bonchev–Trinajstić information content (AvgIpc) is 2.66. The molecule has 3 heteroatoms. The zero-order valence-corrected chi connectivity index (χ0v) is 10.7. The molecule has 2 N–H and O–H groups in total. The first-order valence-electron chi connectivity index (χ1n) is 5.98. The number of thiazole rings is 1. The van der Waals surface area contributed by atoms with Crippen LogP contribution >= 0.6 is 11.3 Å². The van der Waals surface area contributed by atoms with Crippen molar-refractivity contribution in [2.75, 3.05) is 0 Å². The number of nitrogens with two attached hydrogens (primary N) is 1. The molecule has 0 aliphatic heterocycles.